The van der Waals surface area contributed by atoms with Crippen molar-refractivity contribution in [1.82, 2.24) is 9.59 Å². The number of aromatic carboxylic acids is 1. The minimum atomic E-state index is -0.966. The predicted molar refractivity (Wildman–Crippen MR) is 73.4 cm³/mol. The van der Waals surface area contributed by atoms with Crippen molar-refractivity contribution >= 4 is 34.2 Å². The van der Waals surface area contributed by atoms with Gasteiger partial charge in [0, 0.05) is 23.8 Å². The standard InChI is InChI=1S/C12H10N4O3S/c17-11(18)8-1-2-9-7(5-8)3-4-16(9)12(19)14-10-6-13-15-20-10/h1-2,5-6H,3-4H2,(H,14,19)(H,17,18). The van der Waals surface area contributed by atoms with Gasteiger partial charge in [0.15, 0.2) is 0 Å². The Labute approximate surface area is 118 Å². The van der Waals surface area contributed by atoms with Crippen LogP contribution in [-0.4, -0.2) is 33.2 Å². The third-order valence-corrected chi connectivity index (χ3v) is 3.64. The molecule has 0 bridgehead atoms. The summed E-state index contributed by atoms with van der Waals surface area (Å²) in [7, 11) is 0. The first-order valence-corrected chi connectivity index (χ1v) is 6.64. The highest BCUT2D eigenvalue weighted by Crippen LogP contribution is 2.29. The van der Waals surface area contributed by atoms with Gasteiger partial charge < -0.3 is 5.11 Å². The van der Waals surface area contributed by atoms with Crippen molar-refractivity contribution in [1.29, 1.82) is 0 Å². The van der Waals surface area contributed by atoms with Crippen molar-refractivity contribution in [2.24, 2.45) is 0 Å². The molecule has 20 heavy (non-hydrogen) atoms. The summed E-state index contributed by atoms with van der Waals surface area (Å²) in [5.41, 5.74) is 1.84. The maximum atomic E-state index is 12.1. The number of carboxylic acids is 1. The number of aromatic nitrogens is 2. The number of benzene rings is 1. The number of nitrogens with one attached hydrogen (secondary N) is 1. The van der Waals surface area contributed by atoms with Crippen molar-refractivity contribution in [2.45, 2.75) is 6.42 Å². The van der Waals surface area contributed by atoms with Gasteiger partial charge in [0.2, 0.25) is 0 Å². The van der Waals surface area contributed by atoms with Gasteiger partial charge in [0.1, 0.15) is 5.00 Å². The first-order chi connectivity index (χ1) is 9.65. The zero-order valence-corrected chi connectivity index (χ0v) is 11.1. The summed E-state index contributed by atoms with van der Waals surface area (Å²) < 4.78 is 3.67. The Balaban J connectivity index is 1.82. The Morgan fingerprint density at radius 2 is 2.25 bits per heavy atom. The van der Waals surface area contributed by atoms with Crippen LogP contribution in [0.2, 0.25) is 0 Å². The zero-order valence-electron chi connectivity index (χ0n) is 10.2. The molecule has 0 atom stereocenters. The molecule has 0 aliphatic carbocycles. The van der Waals surface area contributed by atoms with E-state index in [4.69, 9.17) is 5.11 Å². The number of nitrogens with zero attached hydrogens (tertiary/aromatic N) is 3. The number of urea groups is 1. The normalized spacial score (nSPS) is 13.1. The summed E-state index contributed by atoms with van der Waals surface area (Å²) in [6.45, 7) is 0.524. The van der Waals surface area contributed by atoms with Crippen molar-refractivity contribution < 1.29 is 14.7 Å². The van der Waals surface area contributed by atoms with Gasteiger partial charge in [-0.3, -0.25) is 10.2 Å². The molecule has 0 radical (unpaired) electrons. The van der Waals surface area contributed by atoms with E-state index in [0.717, 1.165) is 22.8 Å². The molecule has 8 heteroatoms. The Hall–Kier alpha value is -2.48. The maximum Gasteiger partial charge on any atom is 0.335 e. The van der Waals surface area contributed by atoms with Crippen molar-refractivity contribution in [2.75, 3.05) is 16.8 Å². The predicted octanol–water partition coefficient (Wildman–Crippen LogP) is 1.83. The number of hydrogen-bond acceptors (Lipinski definition) is 5. The lowest BCUT2D eigenvalue weighted by Gasteiger charge is -2.17. The van der Waals surface area contributed by atoms with Gasteiger partial charge in [-0.25, -0.2) is 9.59 Å². The number of anilines is 2. The summed E-state index contributed by atoms with van der Waals surface area (Å²) in [5, 5.41) is 15.9. The summed E-state index contributed by atoms with van der Waals surface area (Å²) in [5.74, 6) is -0.966. The topological polar surface area (TPSA) is 95.4 Å². The maximum absolute atomic E-state index is 12.1. The number of amides is 2. The van der Waals surface area contributed by atoms with E-state index in [2.05, 4.69) is 14.9 Å². The molecule has 1 aromatic heterocycles. The molecule has 1 aromatic carbocycles. The molecule has 1 aliphatic heterocycles. The van der Waals surface area contributed by atoms with Crippen LogP contribution in [0.4, 0.5) is 15.5 Å². The van der Waals surface area contributed by atoms with Crippen LogP contribution >= 0.6 is 11.5 Å². The van der Waals surface area contributed by atoms with E-state index in [0.29, 0.717) is 18.0 Å². The second kappa shape index (κ2) is 4.89. The van der Waals surface area contributed by atoms with Gasteiger partial charge in [-0.1, -0.05) is 4.49 Å². The van der Waals surface area contributed by atoms with Crippen LogP contribution in [0.1, 0.15) is 15.9 Å². The molecule has 2 aromatic rings. The van der Waals surface area contributed by atoms with Crippen LogP contribution in [0.15, 0.2) is 24.4 Å². The summed E-state index contributed by atoms with van der Waals surface area (Å²) >= 11 is 1.10. The van der Waals surface area contributed by atoms with Crippen molar-refractivity contribution in [3.8, 4) is 0 Å². The van der Waals surface area contributed by atoms with E-state index in [1.54, 1.807) is 17.0 Å². The van der Waals surface area contributed by atoms with Crippen LogP contribution in [0, 0.1) is 0 Å². The van der Waals surface area contributed by atoms with Gasteiger partial charge in [-0.05, 0) is 30.2 Å². The Morgan fingerprint density at radius 3 is 2.95 bits per heavy atom. The minimum Gasteiger partial charge on any atom is -0.478 e. The summed E-state index contributed by atoms with van der Waals surface area (Å²) in [4.78, 5) is 24.7. The molecule has 102 valence electrons. The number of carboxylic acid groups (broad SMARTS) is 1. The lowest BCUT2D eigenvalue weighted by atomic mass is 10.1. The molecular weight excluding hydrogens is 280 g/mol. The number of carbonyl (C=O) groups excluding carboxylic acids is 1. The first-order valence-electron chi connectivity index (χ1n) is 5.87. The van der Waals surface area contributed by atoms with Gasteiger partial charge in [-0.2, -0.15) is 0 Å². The van der Waals surface area contributed by atoms with E-state index < -0.39 is 5.97 Å². The molecule has 7 nitrogen and oxygen atoms in total. The molecule has 2 amide bonds. The van der Waals surface area contributed by atoms with E-state index in [9.17, 15) is 9.59 Å². The Kier molecular flexibility index (Phi) is 3.07. The largest absolute Gasteiger partial charge is 0.478 e. The average molecular weight is 290 g/mol. The molecular formula is C12H10N4O3S. The quantitative estimate of drug-likeness (QED) is 0.879. The van der Waals surface area contributed by atoms with Crippen molar-refractivity contribution in [3.63, 3.8) is 0 Å². The molecule has 2 heterocycles. The molecule has 2 N–H and O–H groups in total. The number of rotatable bonds is 2. The van der Waals surface area contributed by atoms with E-state index >= 15 is 0 Å². The molecule has 0 fully saturated rings. The van der Waals surface area contributed by atoms with E-state index in [1.807, 2.05) is 0 Å². The second-order valence-corrected chi connectivity index (χ2v) is 5.05. The molecule has 0 spiro atoms. The highest BCUT2D eigenvalue weighted by Gasteiger charge is 2.25. The van der Waals surface area contributed by atoms with Crippen LogP contribution in [0.5, 0.6) is 0 Å². The number of fused-ring (bicyclic) bond motifs is 1. The van der Waals surface area contributed by atoms with E-state index in [-0.39, 0.29) is 11.6 Å². The zero-order chi connectivity index (χ0) is 14.1. The van der Waals surface area contributed by atoms with Gasteiger partial charge >= 0.3 is 12.0 Å². The fourth-order valence-electron chi connectivity index (χ4n) is 2.14. The third kappa shape index (κ3) is 2.21. The summed E-state index contributed by atoms with van der Waals surface area (Å²) in [6, 6.07) is 4.51. The first kappa shape index (κ1) is 12.5. The fourth-order valence-corrected chi connectivity index (χ4v) is 2.55. The molecule has 0 unspecified atom stereocenters. The molecule has 0 saturated heterocycles. The highest BCUT2D eigenvalue weighted by atomic mass is 32.1. The number of carbonyl (C=O) groups is 2. The molecule has 3 rings (SSSR count). The Morgan fingerprint density at radius 1 is 1.40 bits per heavy atom. The molecule has 0 saturated carbocycles. The van der Waals surface area contributed by atoms with Gasteiger partial charge in [0.05, 0.1) is 11.8 Å². The molecule has 1 aliphatic rings. The SMILES string of the molecule is O=C(O)c1ccc2c(c1)CCN2C(=O)Nc1cnns1. The fraction of sp³-hybridized carbons (Fsp3) is 0.167. The van der Waals surface area contributed by atoms with Crippen LogP contribution in [0.3, 0.4) is 0 Å². The Bertz CT molecular complexity index is 671. The minimum absolute atomic E-state index is 0.234. The van der Waals surface area contributed by atoms with Crippen molar-refractivity contribution in [3.05, 3.63) is 35.5 Å². The third-order valence-electron chi connectivity index (χ3n) is 3.06. The monoisotopic (exact) mass is 290 g/mol. The van der Waals surface area contributed by atoms with Gasteiger partial charge in [-0.15, -0.1) is 5.10 Å². The van der Waals surface area contributed by atoms with E-state index in [1.165, 1.54) is 12.3 Å². The summed E-state index contributed by atoms with van der Waals surface area (Å²) in [6.07, 6.45) is 2.12. The second-order valence-electron chi connectivity index (χ2n) is 4.26. The van der Waals surface area contributed by atoms with Crippen LogP contribution in [0.25, 0.3) is 0 Å². The van der Waals surface area contributed by atoms with Crippen LogP contribution < -0.4 is 10.2 Å². The number of hydrogen-bond donors (Lipinski definition) is 2. The lowest BCUT2D eigenvalue weighted by Crippen LogP contribution is -2.33. The average Bonchev–Trinajstić information content (AvgIpc) is 3.06. The highest BCUT2D eigenvalue weighted by molar-refractivity contribution is 7.10. The van der Waals surface area contributed by atoms with Crippen LogP contribution in [-0.2, 0) is 6.42 Å². The lowest BCUT2D eigenvalue weighted by molar-refractivity contribution is 0.0697. The van der Waals surface area contributed by atoms with Gasteiger partial charge in [0.25, 0.3) is 0 Å². The smallest absolute Gasteiger partial charge is 0.335 e.